The van der Waals surface area contributed by atoms with Gasteiger partial charge in [-0.1, -0.05) is 0 Å². The number of nitrogens with zero attached hydrogens (tertiary/aromatic N) is 1. The van der Waals surface area contributed by atoms with Crippen molar-refractivity contribution >= 4 is 5.91 Å². The van der Waals surface area contributed by atoms with Crippen LogP contribution in [0.2, 0.25) is 0 Å². The van der Waals surface area contributed by atoms with E-state index in [0.29, 0.717) is 12.3 Å². The largest absolute Gasteiger partial charge is 0.493 e. The van der Waals surface area contributed by atoms with Crippen molar-refractivity contribution in [3.8, 4) is 11.5 Å². The zero-order chi connectivity index (χ0) is 15.6. The van der Waals surface area contributed by atoms with Crippen LogP contribution in [-0.2, 0) is 0 Å². The van der Waals surface area contributed by atoms with Crippen molar-refractivity contribution in [1.82, 2.24) is 4.90 Å². The van der Waals surface area contributed by atoms with Gasteiger partial charge in [0.25, 0.3) is 5.91 Å². The summed E-state index contributed by atoms with van der Waals surface area (Å²) in [6, 6.07) is 2.65. The molecule has 1 aliphatic rings. The van der Waals surface area contributed by atoms with Crippen molar-refractivity contribution in [3.05, 3.63) is 23.5 Å². The van der Waals surface area contributed by atoms with E-state index in [1.807, 2.05) is 6.92 Å². The van der Waals surface area contributed by atoms with E-state index in [4.69, 9.17) is 15.2 Å². The van der Waals surface area contributed by atoms with E-state index in [-0.39, 0.29) is 29.3 Å². The fourth-order valence-corrected chi connectivity index (χ4v) is 2.68. The van der Waals surface area contributed by atoms with Gasteiger partial charge in [0.2, 0.25) is 0 Å². The van der Waals surface area contributed by atoms with Gasteiger partial charge in [0.1, 0.15) is 5.82 Å². The average molecular weight is 296 g/mol. The highest BCUT2D eigenvalue weighted by molar-refractivity contribution is 5.95. The number of carbonyl (C=O) groups is 1. The third kappa shape index (κ3) is 3.10. The predicted octanol–water partition coefficient (Wildman–Crippen LogP) is 1.79. The quantitative estimate of drug-likeness (QED) is 0.923. The maximum Gasteiger partial charge on any atom is 0.257 e. The molecule has 2 atom stereocenters. The van der Waals surface area contributed by atoms with Crippen molar-refractivity contribution < 1.29 is 18.7 Å². The first-order valence-corrected chi connectivity index (χ1v) is 6.96. The maximum atomic E-state index is 14.2. The Hall–Kier alpha value is -1.82. The molecule has 1 aromatic rings. The number of amides is 1. The van der Waals surface area contributed by atoms with Crippen LogP contribution in [0.1, 0.15) is 30.1 Å². The van der Waals surface area contributed by atoms with Gasteiger partial charge < -0.3 is 20.1 Å². The molecule has 21 heavy (non-hydrogen) atoms. The minimum absolute atomic E-state index is 0.00466. The first-order valence-electron chi connectivity index (χ1n) is 6.96. The minimum atomic E-state index is -0.611. The Bertz CT molecular complexity index is 536. The SMILES string of the molecule is COc1cc(F)c(C(=O)N2CCC(N)CC2C)cc1OC. The van der Waals surface area contributed by atoms with Crippen molar-refractivity contribution in [1.29, 1.82) is 0 Å². The lowest BCUT2D eigenvalue weighted by Crippen LogP contribution is -2.48. The van der Waals surface area contributed by atoms with Crippen LogP contribution in [0, 0.1) is 5.82 Å². The van der Waals surface area contributed by atoms with E-state index in [9.17, 15) is 9.18 Å². The van der Waals surface area contributed by atoms with Crippen molar-refractivity contribution in [2.75, 3.05) is 20.8 Å². The standard InChI is InChI=1S/C15H21FN2O3/c1-9-6-10(17)4-5-18(9)15(19)11-7-13(20-2)14(21-3)8-12(11)16/h7-10H,4-6,17H2,1-3H3. The second-order valence-corrected chi connectivity index (χ2v) is 5.32. The number of hydrogen-bond acceptors (Lipinski definition) is 4. The number of hydrogen-bond donors (Lipinski definition) is 1. The summed E-state index contributed by atoms with van der Waals surface area (Å²) in [5.41, 5.74) is 5.89. The van der Waals surface area contributed by atoms with E-state index >= 15 is 0 Å². The number of methoxy groups -OCH3 is 2. The molecule has 5 nitrogen and oxygen atoms in total. The van der Waals surface area contributed by atoms with Crippen LogP contribution in [0.3, 0.4) is 0 Å². The Balaban J connectivity index is 2.30. The fourth-order valence-electron chi connectivity index (χ4n) is 2.68. The summed E-state index contributed by atoms with van der Waals surface area (Å²) < 4.78 is 24.3. The van der Waals surface area contributed by atoms with Crippen LogP contribution in [0.4, 0.5) is 4.39 Å². The van der Waals surface area contributed by atoms with Crippen LogP contribution in [0.5, 0.6) is 11.5 Å². The molecule has 1 heterocycles. The summed E-state index contributed by atoms with van der Waals surface area (Å²) in [7, 11) is 2.87. The highest BCUT2D eigenvalue weighted by Crippen LogP contribution is 2.31. The van der Waals surface area contributed by atoms with Crippen LogP contribution in [-0.4, -0.2) is 43.7 Å². The summed E-state index contributed by atoms with van der Waals surface area (Å²) in [4.78, 5) is 14.2. The normalized spacial score (nSPS) is 22.0. The molecule has 1 saturated heterocycles. The Morgan fingerprint density at radius 1 is 1.33 bits per heavy atom. The summed E-state index contributed by atoms with van der Waals surface area (Å²) in [5, 5.41) is 0. The lowest BCUT2D eigenvalue weighted by atomic mass is 9.98. The van der Waals surface area contributed by atoms with E-state index in [1.165, 1.54) is 26.4 Å². The molecule has 116 valence electrons. The third-order valence-corrected chi connectivity index (χ3v) is 3.88. The van der Waals surface area contributed by atoms with Gasteiger partial charge in [0.05, 0.1) is 19.8 Å². The molecule has 2 rings (SSSR count). The van der Waals surface area contributed by atoms with Crippen LogP contribution >= 0.6 is 0 Å². The van der Waals surface area contributed by atoms with Crippen molar-refractivity contribution in [3.63, 3.8) is 0 Å². The number of halogens is 1. The van der Waals surface area contributed by atoms with Crippen LogP contribution < -0.4 is 15.2 Å². The third-order valence-electron chi connectivity index (χ3n) is 3.88. The van der Waals surface area contributed by atoms with E-state index < -0.39 is 5.82 Å². The molecule has 0 saturated carbocycles. The van der Waals surface area contributed by atoms with Gasteiger partial charge >= 0.3 is 0 Å². The van der Waals surface area contributed by atoms with Gasteiger partial charge in [-0.05, 0) is 25.8 Å². The summed E-state index contributed by atoms with van der Waals surface area (Å²) >= 11 is 0. The molecule has 6 heteroatoms. The molecular formula is C15H21FN2O3. The molecule has 0 spiro atoms. The van der Waals surface area contributed by atoms with E-state index in [0.717, 1.165) is 12.8 Å². The van der Waals surface area contributed by atoms with Gasteiger partial charge in [-0.3, -0.25) is 4.79 Å². The number of rotatable bonds is 3. The van der Waals surface area contributed by atoms with Crippen LogP contribution in [0.15, 0.2) is 12.1 Å². The Labute approximate surface area is 123 Å². The molecule has 1 aromatic carbocycles. The number of ether oxygens (including phenoxy) is 2. The first kappa shape index (κ1) is 15.6. The zero-order valence-corrected chi connectivity index (χ0v) is 12.6. The number of likely N-dealkylation sites (tertiary alicyclic amines) is 1. The fraction of sp³-hybridized carbons (Fsp3) is 0.533. The number of carbonyl (C=O) groups excluding carboxylic acids is 1. The van der Waals surface area contributed by atoms with E-state index in [2.05, 4.69) is 0 Å². The summed E-state index contributed by atoms with van der Waals surface area (Å²) in [5.74, 6) is -0.351. The molecule has 0 bridgehead atoms. The number of nitrogens with two attached hydrogens (primary N) is 1. The topological polar surface area (TPSA) is 64.8 Å². The summed E-state index contributed by atoms with van der Waals surface area (Å²) in [6.07, 6.45) is 1.45. The summed E-state index contributed by atoms with van der Waals surface area (Å²) in [6.45, 7) is 2.46. The maximum absolute atomic E-state index is 14.2. The molecular weight excluding hydrogens is 275 g/mol. The second kappa shape index (κ2) is 6.30. The smallest absolute Gasteiger partial charge is 0.257 e. The molecule has 2 unspecified atom stereocenters. The minimum Gasteiger partial charge on any atom is -0.493 e. The lowest BCUT2D eigenvalue weighted by molar-refractivity contribution is 0.0614. The van der Waals surface area contributed by atoms with Crippen molar-refractivity contribution in [2.45, 2.75) is 31.8 Å². The van der Waals surface area contributed by atoms with Gasteiger partial charge in [-0.15, -0.1) is 0 Å². The lowest BCUT2D eigenvalue weighted by Gasteiger charge is -2.36. The Morgan fingerprint density at radius 3 is 2.52 bits per heavy atom. The molecule has 1 aliphatic heterocycles. The second-order valence-electron chi connectivity index (χ2n) is 5.32. The van der Waals surface area contributed by atoms with Crippen LogP contribution in [0.25, 0.3) is 0 Å². The van der Waals surface area contributed by atoms with Gasteiger partial charge in [0, 0.05) is 24.7 Å². The molecule has 0 aliphatic carbocycles. The molecule has 0 aromatic heterocycles. The van der Waals surface area contributed by atoms with Gasteiger partial charge in [-0.25, -0.2) is 4.39 Å². The highest BCUT2D eigenvalue weighted by Gasteiger charge is 2.30. The monoisotopic (exact) mass is 296 g/mol. The zero-order valence-electron chi connectivity index (χ0n) is 12.6. The van der Waals surface area contributed by atoms with E-state index in [1.54, 1.807) is 4.90 Å². The average Bonchev–Trinajstić information content (AvgIpc) is 2.46. The number of piperidine rings is 1. The molecule has 1 amide bonds. The number of benzene rings is 1. The molecule has 1 fully saturated rings. The van der Waals surface area contributed by atoms with Gasteiger partial charge in [-0.2, -0.15) is 0 Å². The Kier molecular flexibility index (Phi) is 4.67. The van der Waals surface area contributed by atoms with Crippen molar-refractivity contribution in [2.24, 2.45) is 5.73 Å². The Morgan fingerprint density at radius 2 is 1.95 bits per heavy atom. The first-order chi connectivity index (χ1) is 9.97. The van der Waals surface area contributed by atoms with Gasteiger partial charge in [0.15, 0.2) is 11.5 Å². The predicted molar refractivity (Wildman–Crippen MR) is 77.2 cm³/mol. The molecule has 2 N–H and O–H groups in total. The molecule has 0 radical (unpaired) electrons. The highest BCUT2D eigenvalue weighted by atomic mass is 19.1.